The molecule has 0 aliphatic carbocycles. The van der Waals surface area contributed by atoms with Crippen LogP contribution in [0, 0.1) is 17.2 Å². The number of nitriles is 1. The molecule has 19 heavy (non-hydrogen) atoms. The van der Waals surface area contributed by atoms with Crippen LogP contribution in [0.2, 0.25) is 0 Å². The van der Waals surface area contributed by atoms with Crippen molar-refractivity contribution in [3.8, 4) is 6.07 Å². The van der Waals surface area contributed by atoms with Crippen LogP contribution in [0.15, 0.2) is 24.3 Å². The molecule has 0 aromatic heterocycles. The first-order valence-corrected chi connectivity index (χ1v) is 6.01. The first-order valence-electron chi connectivity index (χ1n) is 6.01. The van der Waals surface area contributed by atoms with Gasteiger partial charge in [0.25, 0.3) is 0 Å². The molecule has 2 unspecified atom stereocenters. The summed E-state index contributed by atoms with van der Waals surface area (Å²) in [6.07, 6.45) is 0.676. The first-order chi connectivity index (χ1) is 9.13. The van der Waals surface area contributed by atoms with Gasteiger partial charge < -0.3 is 10.1 Å². The number of benzene rings is 1. The zero-order chi connectivity index (χ0) is 13.8. The van der Waals surface area contributed by atoms with E-state index in [0.29, 0.717) is 12.0 Å². The highest BCUT2D eigenvalue weighted by molar-refractivity contribution is 5.85. The Kier molecular flexibility index (Phi) is 3.81. The highest BCUT2D eigenvalue weighted by atomic mass is 16.5. The van der Waals surface area contributed by atoms with E-state index in [1.54, 1.807) is 12.1 Å². The molecule has 0 spiro atoms. The molecule has 98 valence electrons. The smallest absolute Gasteiger partial charge is 0.306 e. The van der Waals surface area contributed by atoms with E-state index in [0.717, 1.165) is 5.56 Å². The average molecular weight is 258 g/mol. The van der Waals surface area contributed by atoms with Crippen LogP contribution in [0.25, 0.3) is 0 Å². The van der Waals surface area contributed by atoms with Crippen LogP contribution in [-0.2, 0) is 14.3 Å². The number of methoxy groups -OCH3 is 1. The molecule has 1 amide bonds. The zero-order valence-corrected chi connectivity index (χ0v) is 10.6. The predicted molar refractivity (Wildman–Crippen MR) is 66.8 cm³/mol. The van der Waals surface area contributed by atoms with E-state index in [2.05, 4.69) is 10.1 Å². The summed E-state index contributed by atoms with van der Waals surface area (Å²) in [5, 5.41) is 11.6. The molecule has 5 heteroatoms. The fourth-order valence-corrected chi connectivity index (χ4v) is 2.21. The van der Waals surface area contributed by atoms with Gasteiger partial charge in [-0.3, -0.25) is 9.59 Å². The molecule has 1 aromatic rings. The summed E-state index contributed by atoms with van der Waals surface area (Å²) in [4.78, 5) is 23.0. The normalized spacial score (nSPS) is 21.6. The highest BCUT2D eigenvalue weighted by Crippen LogP contribution is 2.30. The monoisotopic (exact) mass is 258 g/mol. The number of esters is 1. The summed E-state index contributed by atoms with van der Waals surface area (Å²) in [6.45, 7) is 0. The zero-order valence-electron chi connectivity index (χ0n) is 10.6. The Balaban J connectivity index is 2.05. The summed E-state index contributed by atoms with van der Waals surface area (Å²) in [5.74, 6) is -0.839. The van der Waals surface area contributed by atoms with E-state index in [4.69, 9.17) is 5.26 Å². The lowest BCUT2D eigenvalue weighted by molar-refractivity contribution is -0.143. The van der Waals surface area contributed by atoms with E-state index in [1.807, 2.05) is 18.2 Å². The van der Waals surface area contributed by atoms with Gasteiger partial charge in [0.15, 0.2) is 0 Å². The lowest BCUT2D eigenvalue weighted by Gasteiger charge is -2.10. The van der Waals surface area contributed by atoms with Crippen LogP contribution < -0.4 is 5.32 Å². The molecule has 0 saturated carbocycles. The lowest BCUT2D eigenvalue weighted by atomic mass is 9.97. The second kappa shape index (κ2) is 5.53. The Morgan fingerprint density at radius 1 is 1.47 bits per heavy atom. The van der Waals surface area contributed by atoms with Gasteiger partial charge in [0.2, 0.25) is 5.91 Å². The van der Waals surface area contributed by atoms with Crippen molar-refractivity contribution < 1.29 is 14.3 Å². The Labute approximate surface area is 111 Å². The van der Waals surface area contributed by atoms with Crippen molar-refractivity contribution in [3.05, 3.63) is 35.4 Å². The molecule has 2 rings (SSSR count). The highest BCUT2D eigenvalue weighted by Gasteiger charge is 2.34. The molecule has 1 aliphatic heterocycles. The average Bonchev–Trinajstić information content (AvgIpc) is 2.80. The third-order valence-corrected chi connectivity index (χ3v) is 3.29. The number of ether oxygens (including phenoxy) is 1. The van der Waals surface area contributed by atoms with Crippen LogP contribution >= 0.6 is 0 Å². The van der Waals surface area contributed by atoms with Crippen molar-refractivity contribution in [1.29, 1.82) is 5.26 Å². The number of carbonyl (C=O) groups excluding carboxylic acids is 2. The van der Waals surface area contributed by atoms with Gasteiger partial charge in [0.1, 0.15) is 0 Å². The maximum atomic E-state index is 11.8. The van der Waals surface area contributed by atoms with Gasteiger partial charge >= 0.3 is 5.97 Å². The third kappa shape index (κ3) is 2.91. The van der Waals surface area contributed by atoms with E-state index in [9.17, 15) is 9.59 Å². The summed E-state index contributed by atoms with van der Waals surface area (Å²) >= 11 is 0. The lowest BCUT2D eigenvalue weighted by Crippen LogP contribution is -2.23. The van der Waals surface area contributed by atoms with Crippen molar-refractivity contribution >= 4 is 11.9 Å². The van der Waals surface area contributed by atoms with E-state index in [-0.39, 0.29) is 30.3 Å². The van der Waals surface area contributed by atoms with Gasteiger partial charge in [-0.2, -0.15) is 5.26 Å². The summed E-state index contributed by atoms with van der Waals surface area (Å²) < 4.78 is 4.58. The first kappa shape index (κ1) is 13.1. The van der Waals surface area contributed by atoms with E-state index >= 15 is 0 Å². The minimum Gasteiger partial charge on any atom is -0.469 e. The summed E-state index contributed by atoms with van der Waals surface area (Å²) in [6, 6.07) is 9.03. The Bertz CT molecular complexity index is 531. The van der Waals surface area contributed by atoms with E-state index < -0.39 is 0 Å². The minimum atomic E-state index is -0.374. The van der Waals surface area contributed by atoms with Crippen molar-refractivity contribution in [2.45, 2.75) is 18.9 Å². The molecule has 1 aromatic carbocycles. The number of hydrogen-bond donors (Lipinski definition) is 1. The molecule has 1 fully saturated rings. The Hall–Kier alpha value is -2.35. The van der Waals surface area contributed by atoms with Crippen LogP contribution in [0.5, 0.6) is 0 Å². The van der Waals surface area contributed by atoms with Gasteiger partial charge in [-0.15, -0.1) is 0 Å². The number of hydrogen-bond acceptors (Lipinski definition) is 4. The van der Waals surface area contributed by atoms with Gasteiger partial charge in [-0.25, -0.2) is 0 Å². The quantitative estimate of drug-likeness (QED) is 0.829. The predicted octanol–water partition coefficient (Wildman–Crippen LogP) is 1.30. The topological polar surface area (TPSA) is 79.2 Å². The molecular formula is C14H14N2O3. The number of rotatable bonds is 3. The maximum Gasteiger partial charge on any atom is 0.306 e. The van der Waals surface area contributed by atoms with Crippen LogP contribution in [0.3, 0.4) is 0 Å². The fraction of sp³-hybridized carbons (Fsp3) is 0.357. The maximum absolute atomic E-state index is 11.8. The minimum absolute atomic E-state index is 0.102. The van der Waals surface area contributed by atoms with Crippen molar-refractivity contribution in [3.63, 3.8) is 0 Å². The van der Waals surface area contributed by atoms with Gasteiger partial charge in [-0.05, 0) is 24.1 Å². The number of amides is 1. The number of nitrogens with one attached hydrogen (secondary N) is 1. The molecule has 1 heterocycles. The van der Waals surface area contributed by atoms with Gasteiger partial charge in [0, 0.05) is 0 Å². The van der Waals surface area contributed by atoms with Crippen molar-refractivity contribution in [2.24, 2.45) is 5.92 Å². The molecule has 0 bridgehead atoms. The van der Waals surface area contributed by atoms with Crippen LogP contribution in [-0.4, -0.2) is 19.0 Å². The van der Waals surface area contributed by atoms with Crippen molar-refractivity contribution in [2.75, 3.05) is 7.11 Å². The molecule has 0 radical (unpaired) electrons. The van der Waals surface area contributed by atoms with Gasteiger partial charge in [-0.1, -0.05) is 12.1 Å². The number of nitrogens with zero attached hydrogens (tertiary/aromatic N) is 1. The second-order valence-electron chi connectivity index (χ2n) is 4.51. The molecule has 1 aliphatic rings. The largest absolute Gasteiger partial charge is 0.469 e. The molecule has 1 N–H and O–H groups in total. The Morgan fingerprint density at radius 2 is 2.16 bits per heavy atom. The second-order valence-corrected chi connectivity index (χ2v) is 4.51. The Morgan fingerprint density at radius 3 is 2.74 bits per heavy atom. The fourth-order valence-electron chi connectivity index (χ4n) is 2.21. The standard InChI is InChI=1S/C14H14N2O3/c1-19-13(17)7-11-6-12(16-14(11)18)10-4-2-9(8-15)3-5-10/h2-5,11-12H,6-7H2,1H3,(H,16,18). The summed E-state index contributed by atoms with van der Waals surface area (Å²) in [7, 11) is 1.31. The van der Waals surface area contributed by atoms with Crippen LogP contribution in [0.1, 0.15) is 30.0 Å². The number of carbonyl (C=O) groups is 2. The van der Waals surface area contributed by atoms with Crippen molar-refractivity contribution in [1.82, 2.24) is 5.32 Å². The van der Waals surface area contributed by atoms with E-state index in [1.165, 1.54) is 7.11 Å². The molecule has 2 atom stereocenters. The van der Waals surface area contributed by atoms with Crippen LogP contribution in [0.4, 0.5) is 0 Å². The molecule has 1 saturated heterocycles. The summed E-state index contributed by atoms with van der Waals surface area (Å²) in [5.41, 5.74) is 1.53. The third-order valence-electron chi connectivity index (χ3n) is 3.29. The molecular weight excluding hydrogens is 244 g/mol. The molecule has 5 nitrogen and oxygen atoms in total. The SMILES string of the molecule is COC(=O)CC1CC(c2ccc(C#N)cc2)NC1=O. The van der Waals surface area contributed by atoms with Gasteiger partial charge in [0.05, 0.1) is 37.1 Å².